The van der Waals surface area contributed by atoms with E-state index < -0.39 is 0 Å². The maximum Gasteiger partial charge on any atom is 0.270 e. The molecule has 0 radical (unpaired) electrons. The number of aromatic amines is 1. The van der Waals surface area contributed by atoms with E-state index in [9.17, 15) is 4.79 Å². The van der Waals surface area contributed by atoms with Gasteiger partial charge in [0, 0.05) is 12.6 Å². The molecule has 0 spiro atoms. The Morgan fingerprint density at radius 3 is 2.24 bits per heavy atom. The Morgan fingerprint density at radius 2 is 1.53 bits per heavy atom. The summed E-state index contributed by atoms with van der Waals surface area (Å²) in [5, 5.41) is 15.9. The van der Waals surface area contributed by atoms with Crippen molar-refractivity contribution in [2.45, 2.75) is 6.54 Å². The van der Waals surface area contributed by atoms with Crippen molar-refractivity contribution in [3.05, 3.63) is 120 Å². The van der Waals surface area contributed by atoms with E-state index in [4.69, 9.17) is 4.99 Å². The number of tetrazole rings is 1. The van der Waals surface area contributed by atoms with Gasteiger partial charge in [-0.1, -0.05) is 71.8 Å². The van der Waals surface area contributed by atoms with Gasteiger partial charge < -0.3 is 9.13 Å². The second-order valence-electron chi connectivity index (χ2n) is 8.85. The largest absolute Gasteiger partial charge is 0.313 e. The fourth-order valence-corrected chi connectivity index (χ4v) is 4.47. The van der Waals surface area contributed by atoms with Gasteiger partial charge in [-0.05, 0) is 58.3 Å². The summed E-state index contributed by atoms with van der Waals surface area (Å²) in [6.07, 6.45) is 0. The Morgan fingerprint density at radius 1 is 0.842 bits per heavy atom. The van der Waals surface area contributed by atoms with E-state index in [-0.39, 0.29) is 11.9 Å². The number of carbonyl (C=O) groups is 1. The van der Waals surface area contributed by atoms with E-state index in [2.05, 4.69) is 71.5 Å². The van der Waals surface area contributed by atoms with Gasteiger partial charge in [-0.2, -0.15) is 5.21 Å². The third-order valence-electron chi connectivity index (χ3n) is 6.41. The van der Waals surface area contributed by atoms with Gasteiger partial charge in [0.15, 0.2) is 0 Å². The van der Waals surface area contributed by atoms with Crippen molar-refractivity contribution < 1.29 is 4.79 Å². The molecule has 0 saturated carbocycles. The molecule has 38 heavy (non-hydrogen) atoms. The van der Waals surface area contributed by atoms with E-state index in [1.54, 1.807) is 12.1 Å². The van der Waals surface area contributed by atoms with Crippen LogP contribution in [0.1, 0.15) is 15.9 Å². The summed E-state index contributed by atoms with van der Waals surface area (Å²) in [5.41, 5.74) is 7.74. The minimum atomic E-state index is -0.301. The van der Waals surface area contributed by atoms with Crippen molar-refractivity contribution in [1.82, 2.24) is 29.8 Å². The molecule has 1 amide bonds. The molecule has 186 valence electrons. The normalized spacial score (nSPS) is 11.7. The SMILES string of the molecule is Cn1c(=Nc2ccc(-c3ccccc3)cc2)n(Cc2ccc(C(=O)Nc3nn[nH]n3)cc2)c2ccccc21. The second kappa shape index (κ2) is 9.98. The van der Waals surface area contributed by atoms with Crippen molar-refractivity contribution >= 4 is 28.6 Å². The molecule has 6 aromatic rings. The number of para-hydroxylation sites is 2. The van der Waals surface area contributed by atoms with Crippen LogP contribution in [0, 0.1) is 0 Å². The van der Waals surface area contributed by atoms with Gasteiger partial charge in [0.2, 0.25) is 5.62 Å². The Hall–Kier alpha value is -5.31. The third-order valence-corrected chi connectivity index (χ3v) is 6.41. The van der Waals surface area contributed by atoms with Gasteiger partial charge in [-0.25, -0.2) is 4.99 Å². The molecule has 0 fully saturated rings. The highest BCUT2D eigenvalue weighted by atomic mass is 16.1. The van der Waals surface area contributed by atoms with E-state index in [0.29, 0.717) is 12.1 Å². The summed E-state index contributed by atoms with van der Waals surface area (Å²) >= 11 is 0. The molecular weight excluding hydrogens is 476 g/mol. The Labute approximate surface area is 218 Å². The number of aromatic nitrogens is 6. The molecule has 0 atom stereocenters. The van der Waals surface area contributed by atoms with Crippen molar-refractivity contribution in [2.75, 3.05) is 5.32 Å². The first-order valence-corrected chi connectivity index (χ1v) is 12.1. The van der Waals surface area contributed by atoms with E-state index in [1.165, 1.54) is 5.56 Å². The molecule has 2 N–H and O–H groups in total. The zero-order valence-corrected chi connectivity index (χ0v) is 20.6. The summed E-state index contributed by atoms with van der Waals surface area (Å²) < 4.78 is 4.29. The van der Waals surface area contributed by atoms with Crippen LogP contribution in [-0.2, 0) is 13.6 Å². The number of benzene rings is 4. The first-order valence-electron chi connectivity index (χ1n) is 12.1. The highest BCUT2D eigenvalue weighted by molar-refractivity contribution is 6.03. The van der Waals surface area contributed by atoms with Crippen molar-refractivity contribution in [2.24, 2.45) is 12.0 Å². The van der Waals surface area contributed by atoms with Crippen LogP contribution in [-0.4, -0.2) is 35.7 Å². The number of aryl methyl sites for hydroxylation is 1. The lowest BCUT2D eigenvalue weighted by molar-refractivity contribution is 0.102. The number of fused-ring (bicyclic) bond motifs is 1. The Kier molecular flexibility index (Phi) is 6.07. The smallest absolute Gasteiger partial charge is 0.270 e. The van der Waals surface area contributed by atoms with Gasteiger partial charge in [-0.15, -0.1) is 5.10 Å². The lowest BCUT2D eigenvalue weighted by Gasteiger charge is -2.07. The van der Waals surface area contributed by atoms with Crippen LogP contribution in [0.2, 0.25) is 0 Å². The number of rotatable bonds is 6. The van der Waals surface area contributed by atoms with Crippen LogP contribution in [0.15, 0.2) is 108 Å². The van der Waals surface area contributed by atoms with Gasteiger partial charge >= 0.3 is 0 Å². The summed E-state index contributed by atoms with van der Waals surface area (Å²) in [6, 6.07) is 34.3. The number of H-pyrrole nitrogens is 1. The lowest BCUT2D eigenvalue weighted by Crippen LogP contribution is -2.24. The number of carbonyl (C=O) groups excluding carboxylic acids is 1. The van der Waals surface area contributed by atoms with Crippen LogP contribution in [0.25, 0.3) is 22.2 Å². The molecule has 0 aliphatic carbocycles. The van der Waals surface area contributed by atoms with Gasteiger partial charge in [0.25, 0.3) is 11.9 Å². The Bertz CT molecular complexity index is 1770. The molecule has 0 aliphatic rings. The number of hydrogen-bond acceptors (Lipinski definition) is 5. The topological polar surface area (TPSA) is 106 Å². The molecule has 0 bridgehead atoms. The highest BCUT2D eigenvalue weighted by Gasteiger charge is 2.12. The predicted molar refractivity (Wildman–Crippen MR) is 146 cm³/mol. The van der Waals surface area contributed by atoms with Crippen molar-refractivity contribution in [1.29, 1.82) is 0 Å². The molecule has 2 heterocycles. The molecule has 0 unspecified atom stereocenters. The minimum absolute atomic E-state index is 0.133. The van der Waals surface area contributed by atoms with Crippen LogP contribution in [0.3, 0.4) is 0 Å². The molecule has 9 heteroatoms. The molecular formula is C29H24N8O. The number of nitrogens with one attached hydrogen (secondary N) is 2. The summed E-state index contributed by atoms with van der Waals surface area (Å²) in [7, 11) is 2.03. The van der Waals surface area contributed by atoms with E-state index in [0.717, 1.165) is 33.5 Å². The van der Waals surface area contributed by atoms with Crippen LogP contribution < -0.4 is 10.9 Å². The van der Waals surface area contributed by atoms with Crippen molar-refractivity contribution in [3.8, 4) is 11.1 Å². The third kappa shape index (κ3) is 4.60. The van der Waals surface area contributed by atoms with Crippen molar-refractivity contribution in [3.63, 3.8) is 0 Å². The molecule has 9 nitrogen and oxygen atoms in total. The number of amides is 1. The lowest BCUT2D eigenvalue weighted by atomic mass is 10.1. The van der Waals surface area contributed by atoms with Gasteiger partial charge in [0.05, 0.1) is 23.3 Å². The van der Waals surface area contributed by atoms with E-state index >= 15 is 0 Å². The quantitative estimate of drug-likeness (QED) is 0.346. The minimum Gasteiger partial charge on any atom is -0.313 e. The highest BCUT2D eigenvalue weighted by Crippen LogP contribution is 2.22. The average Bonchev–Trinajstić information content (AvgIpc) is 3.57. The predicted octanol–water partition coefficient (Wildman–Crippen LogP) is 4.69. The van der Waals surface area contributed by atoms with Crippen LogP contribution in [0.4, 0.5) is 11.6 Å². The molecule has 0 saturated heterocycles. The van der Waals surface area contributed by atoms with Gasteiger partial charge in [-0.3, -0.25) is 10.1 Å². The molecule has 0 aliphatic heterocycles. The standard InChI is InChI=1S/C29H24N8O/c1-36-25-9-5-6-10-26(25)37(19-20-11-13-23(14-12-20)27(38)31-28-32-34-35-33-28)29(36)30-24-17-15-22(16-18-24)21-7-3-2-4-8-21/h2-18H,19H2,1H3,(H2,31,32,33,34,35,38). The first-order chi connectivity index (χ1) is 18.7. The Balaban J connectivity index is 1.33. The average molecular weight is 501 g/mol. The maximum absolute atomic E-state index is 12.5. The number of anilines is 1. The van der Waals surface area contributed by atoms with Crippen LogP contribution in [0.5, 0.6) is 0 Å². The number of nitrogens with zero attached hydrogens (tertiary/aromatic N) is 6. The zero-order valence-electron chi connectivity index (χ0n) is 20.6. The van der Waals surface area contributed by atoms with Gasteiger partial charge in [0.1, 0.15) is 0 Å². The van der Waals surface area contributed by atoms with E-state index in [1.807, 2.05) is 61.6 Å². The first kappa shape index (κ1) is 23.1. The summed E-state index contributed by atoms with van der Waals surface area (Å²) in [6.45, 7) is 0.592. The van der Waals surface area contributed by atoms with Crippen LogP contribution >= 0.6 is 0 Å². The fraction of sp³-hybridized carbons (Fsp3) is 0.0690. The number of hydrogen-bond donors (Lipinski definition) is 2. The molecule has 6 rings (SSSR count). The molecule has 2 aromatic heterocycles. The molecule has 4 aromatic carbocycles. The fourth-order valence-electron chi connectivity index (χ4n) is 4.47. The summed E-state index contributed by atoms with van der Waals surface area (Å²) in [4.78, 5) is 17.5. The second-order valence-corrected chi connectivity index (χ2v) is 8.85. The summed E-state index contributed by atoms with van der Waals surface area (Å²) in [5.74, 6) is -0.168. The maximum atomic E-state index is 12.5. The zero-order chi connectivity index (χ0) is 25.9. The number of imidazole rings is 1. The monoisotopic (exact) mass is 500 g/mol.